The summed E-state index contributed by atoms with van der Waals surface area (Å²) in [6.45, 7) is 1.55. The number of rotatable bonds is 5. The molecule has 0 fully saturated rings. The van der Waals surface area contributed by atoms with Crippen LogP contribution >= 0.6 is 0 Å². The molecule has 2 aromatic carbocycles. The third-order valence-corrected chi connectivity index (χ3v) is 3.26. The van der Waals surface area contributed by atoms with Crippen molar-refractivity contribution in [2.75, 3.05) is 5.32 Å². The van der Waals surface area contributed by atoms with Crippen LogP contribution in [-0.2, 0) is 4.79 Å². The molecule has 3 rings (SSSR count). The Morgan fingerprint density at radius 1 is 1.21 bits per heavy atom. The molecule has 0 bridgehead atoms. The first-order valence-corrected chi connectivity index (χ1v) is 7.19. The number of nitrogens with one attached hydrogen (secondary N) is 1. The second kappa shape index (κ2) is 6.86. The van der Waals surface area contributed by atoms with Crippen molar-refractivity contribution in [3.05, 3.63) is 60.7 Å². The predicted molar refractivity (Wildman–Crippen MR) is 84.3 cm³/mol. The van der Waals surface area contributed by atoms with E-state index in [1.807, 2.05) is 0 Å². The van der Waals surface area contributed by atoms with Crippen molar-refractivity contribution in [2.24, 2.45) is 0 Å². The molecule has 0 spiro atoms. The van der Waals surface area contributed by atoms with Crippen molar-refractivity contribution in [1.29, 1.82) is 0 Å². The maximum Gasteiger partial charge on any atom is 0.265 e. The van der Waals surface area contributed by atoms with Crippen molar-refractivity contribution < 1.29 is 13.9 Å². The topological polar surface area (TPSA) is 81.9 Å². The molecule has 8 heteroatoms. The summed E-state index contributed by atoms with van der Waals surface area (Å²) in [5.41, 5.74) is 1.34. The normalized spacial score (nSPS) is 11.8. The van der Waals surface area contributed by atoms with E-state index in [1.54, 1.807) is 43.3 Å². The third kappa shape index (κ3) is 3.54. The van der Waals surface area contributed by atoms with Crippen LogP contribution < -0.4 is 10.1 Å². The Balaban J connectivity index is 1.63. The Labute approximate surface area is 137 Å². The van der Waals surface area contributed by atoms with Gasteiger partial charge in [0.1, 0.15) is 6.33 Å². The van der Waals surface area contributed by atoms with Gasteiger partial charge in [-0.15, -0.1) is 5.10 Å². The quantitative estimate of drug-likeness (QED) is 0.777. The molecule has 7 nitrogen and oxygen atoms in total. The number of carbonyl (C=O) groups is 1. The molecule has 0 aliphatic heterocycles. The highest BCUT2D eigenvalue weighted by Crippen LogP contribution is 2.18. The Morgan fingerprint density at radius 2 is 1.96 bits per heavy atom. The molecule has 0 radical (unpaired) electrons. The molecule has 1 amide bonds. The zero-order valence-electron chi connectivity index (χ0n) is 12.8. The van der Waals surface area contributed by atoms with Gasteiger partial charge in [-0.3, -0.25) is 4.79 Å². The predicted octanol–water partition coefficient (Wildman–Crippen LogP) is 2.21. The number of halogens is 1. The van der Waals surface area contributed by atoms with E-state index in [2.05, 4.69) is 20.8 Å². The van der Waals surface area contributed by atoms with Gasteiger partial charge in [0.15, 0.2) is 17.7 Å². The van der Waals surface area contributed by atoms with Gasteiger partial charge in [0, 0.05) is 5.69 Å². The summed E-state index contributed by atoms with van der Waals surface area (Å²) >= 11 is 0. The molecule has 1 aromatic heterocycles. The lowest BCUT2D eigenvalue weighted by Crippen LogP contribution is -2.30. The smallest absolute Gasteiger partial charge is 0.265 e. The van der Waals surface area contributed by atoms with Crippen LogP contribution in [-0.4, -0.2) is 32.2 Å². The SMILES string of the molecule is CC(Oc1ccccc1F)C(=O)Nc1ccc(-n2cnnn2)cc1. The van der Waals surface area contributed by atoms with Crippen LogP contribution in [0.2, 0.25) is 0 Å². The second-order valence-corrected chi connectivity index (χ2v) is 4.98. The Hall–Kier alpha value is -3.29. The first kappa shape index (κ1) is 15.6. The molecule has 0 aliphatic rings. The van der Waals surface area contributed by atoms with E-state index in [9.17, 15) is 9.18 Å². The standard InChI is InChI=1S/C16H14FN5O2/c1-11(24-15-5-3-2-4-14(15)17)16(23)19-12-6-8-13(9-7-12)22-10-18-20-21-22/h2-11H,1H3,(H,19,23). The van der Waals surface area contributed by atoms with Crippen molar-refractivity contribution in [1.82, 2.24) is 20.2 Å². The summed E-state index contributed by atoms with van der Waals surface area (Å²) < 4.78 is 20.4. The number of hydrogen-bond acceptors (Lipinski definition) is 5. The van der Waals surface area contributed by atoms with E-state index in [0.29, 0.717) is 5.69 Å². The number of aromatic nitrogens is 4. The Bertz CT molecular complexity index is 821. The molecule has 1 heterocycles. The first-order valence-electron chi connectivity index (χ1n) is 7.19. The summed E-state index contributed by atoms with van der Waals surface area (Å²) in [7, 11) is 0. The van der Waals surface area contributed by atoms with Crippen molar-refractivity contribution in [2.45, 2.75) is 13.0 Å². The highest BCUT2D eigenvalue weighted by atomic mass is 19.1. The second-order valence-electron chi connectivity index (χ2n) is 4.98. The van der Waals surface area contributed by atoms with E-state index >= 15 is 0 Å². The van der Waals surface area contributed by atoms with Crippen molar-refractivity contribution in [3.63, 3.8) is 0 Å². The van der Waals surface area contributed by atoms with Gasteiger partial charge in [-0.2, -0.15) is 0 Å². The number of tetrazole rings is 1. The average Bonchev–Trinajstić information content (AvgIpc) is 3.12. The molecule has 1 unspecified atom stereocenters. The van der Waals surface area contributed by atoms with E-state index in [0.717, 1.165) is 5.69 Å². The minimum absolute atomic E-state index is 0.0363. The number of para-hydroxylation sites is 1. The molecule has 3 aromatic rings. The van der Waals surface area contributed by atoms with Crippen LogP contribution in [0.25, 0.3) is 5.69 Å². The Morgan fingerprint density at radius 3 is 2.62 bits per heavy atom. The highest BCUT2D eigenvalue weighted by Gasteiger charge is 2.16. The van der Waals surface area contributed by atoms with Gasteiger partial charge >= 0.3 is 0 Å². The minimum Gasteiger partial charge on any atom is -0.478 e. The number of ether oxygens (including phenoxy) is 1. The van der Waals surface area contributed by atoms with E-state index in [4.69, 9.17) is 4.74 Å². The summed E-state index contributed by atoms with van der Waals surface area (Å²) in [5.74, 6) is -0.856. The van der Waals surface area contributed by atoms with Crippen molar-refractivity contribution >= 4 is 11.6 Å². The van der Waals surface area contributed by atoms with E-state index in [-0.39, 0.29) is 11.7 Å². The van der Waals surface area contributed by atoms with Crippen LogP contribution in [0.1, 0.15) is 6.92 Å². The van der Waals surface area contributed by atoms with E-state index in [1.165, 1.54) is 23.1 Å². The monoisotopic (exact) mass is 327 g/mol. The maximum absolute atomic E-state index is 13.5. The molecule has 0 saturated carbocycles. The number of nitrogens with zero attached hydrogens (tertiary/aromatic N) is 4. The lowest BCUT2D eigenvalue weighted by Gasteiger charge is -2.15. The molecule has 1 N–H and O–H groups in total. The fourth-order valence-electron chi connectivity index (χ4n) is 2.01. The summed E-state index contributed by atoms with van der Waals surface area (Å²) in [6.07, 6.45) is 0.624. The molecule has 0 saturated heterocycles. The molecule has 0 aliphatic carbocycles. The lowest BCUT2D eigenvalue weighted by molar-refractivity contribution is -0.122. The Kier molecular flexibility index (Phi) is 4.46. The van der Waals surface area contributed by atoms with Crippen LogP contribution in [0.5, 0.6) is 5.75 Å². The van der Waals surface area contributed by atoms with Crippen LogP contribution in [0.4, 0.5) is 10.1 Å². The number of carbonyl (C=O) groups excluding carboxylic acids is 1. The fourth-order valence-corrected chi connectivity index (χ4v) is 2.01. The molecular formula is C16H14FN5O2. The number of hydrogen-bond donors (Lipinski definition) is 1. The van der Waals surface area contributed by atoms with Crippen LogP contribution in [0.3, 0.4) is 0 Å². The van der Waals surface area contributed by atoms with Gasteiger partial charge in [0.2, 0.25) is 0 Å². The van der Waals surface area contributed by atoms with E-state index < -0.39 is 11.9 Å². The minimum atomic E-state index is -0.846. The maximum atomic E-state index is 13.5. The van der Waals surface area contributed by atoms with Gasteiger partial charge < -0.3 is 10.1 Å². The van der Waals surface area contributed by atoms with Gasteiger partial charge in [-0.1, -0.05) is 12.1 Å². The molecule has 122 valence electrons. The first-order chi connectivity index (χ1) is 11.6. The van der Waals surface area contributed by atoms with Gasteiger partial charge in [-0.25, -0.2) is 9.07 Å². The number of amides is 1. The number of anilines is 1. The summed E-state index contributed by atoms with van der Waals surface area (Å²) in [5, 5.41) is 13.6. The summed E-state index contributed by atoms with van der Waals surface area (Å²) in [4.78, 5) is 12.1. The average molecular weight is 327 g/mol. The fraction of sp³-hybridized carbons (Fsp3) is 0.125. The molecule has 1 atom stereocenters. The van der Waals surface area contributed by atoms with Gasteiger partial charge in [-0.05, 0) is 53.7 Å². The van der Waals surface area contributed by atoms with Gasteiger partial charge in [0.05, 0.1) is 5.69 Å². The van der Waals surface area contributed by atoms with Crippen LogP contribution in [0.15, 0.2) is 54.9 Å². The zero-order chi connectivity index (χ0) is 16.9. The largest absolute Gasteiger partial charge is 0.478 e. The van der Waals surface area contributed by atoms with Crippen LogP contribution in [0, 0.1) is 5.82 Å². The third-order valence-electron chi connectivity index (χ3n) is 3.26. The zero-order valence-corrected chi connectivity index (χ0v) is 12.8. The van der Waals surface area contributed by atoms with Crippen molar-refractivity contribution in [3.8, 4) is 11.4 Å². The molecule has 24 heavy (non-hydrogen) atoms. The lowest BCUT2D eigenvalue weighted by atomic mass is 10.2. The highest BCUT2D eigenvalue weighted by molar-refractivity contribution is 5.94. The van der Waals surface area contributed by atoms with Gasteiger partial charge in [0.25, 0.3) is 5.91 Å². The number of benzene rings is 2. The molecular weight excluding hydrogens is 313 g/mol. The summed E-state index contributed by atoms with van der Waals surface area (Å²) in [6, 6.07) is 12.9.